The highest BCUT2D eigenvalue weighted by molar-refractivity contribution is 5.47. The van der Waals surface area contributed by atoms with Gasteiger partial charge in [-0.25, -0.2) is 0 Å². The molecule has 1 fully saturated rings. The van der Waals surface area contributed by atoms with Gasteiger partial charge in [-0.1, -0.05) is 12.1 Å². The van der Waals surface area contributed by atoms with Gasteiger partial charge < -0.3 is 15.5 Å². The Morgan fingerprint density at radius 3 is 2.50 bits per heavy atom. The molecule has 2 N–H and O–H groups in total. The SMILES string of the molecule is CC(N)Cc1ccc(N2CCCN(C)CC2)cc1. The van der Waals surface area contributed by atoms with Crippen LogP contribution in [0.1, 0.15) is 18.9 Å². The van der Waals surface area contributed by atoms with E-state index in [0.29, 0.717) is 0 Å². The summed E-state index contributed by atoms with van der Waals surface area (Å²) >= 11 is 0. The van der Waals surface area contributed by atoms with Crippen molar-refractivity contribution in [3.8, 4) is 0 Å². The summed E-state index contributed by atoms with van der Waals surface area (Å²) in [5.74, 6) is 0. The smallest absolute Gasteiger partial charge is 0.0366 e. The summed E-state index contributed by atoms with van der Waals surface area (Å²) in [6, 6.07) is 9.15. The van der Waals surface area contributed by atoms with Crippen molar-refractivity contribution in [3.63, 3.8) is 0 Å². The van der Waals surface area contributed by atoms with Crippen LogP contribution in [-0.2, 0) is 6.42 Å². The number of benzene rings is 1. The third kappa shape index (κ3) is 3.72. The lowest BCUT2D eigenvalue weighted by Gasteiger charge is -2.23. The lowest BCUT2D eigenvalue weighted by molar-refractivity contribution is 0.360. The molecule has 1 heterocycles. The molecule has 1 unspecified atom stereocenters. The van der Waals surface area contributed by atoms with Crippen molar-refractivity contribution >= 4 is 5.69 Å². The Kier molecular flexibility index (Phi) is 4.61. The van der Waals surface area contributed by atoms with E-state index in [4.69, 9.17) is 5.73 Å². The van der Waals surface area contributed by atoms with E-state index in [9.17, 15) is 0 Å². The van der Waals surface area contributed by atoms with Crippen LogP contribution >= 0.6 is 0 Å². The lowest BCUT2D eigenvalue weighted by Crippen LogP contribution is -2.28. The molecule has 18 heavy (non-hydrogen) atoms. The number of anilines is 1. The van der Waals surface area contributed by atoms with E-state index in [-0.39, 0.29) is 6.04 Å². The summed E-state index contributed by atoms with van der Waals surface area (Å²) in [4.78, 5) is 4.89. The monoisotopic (exact) mass is 247 g/mol. The first-order valence-electron chi connectivity index (χ1n) is 6.93. The Morgan fingerprint density at radius 1 is 1.11 bits per heavy atom. The molecule has 0 bridgehead atoms. The maximum Gasteiger partial charge on any atom is 0.0366 e. The van der Waals surface area contributed by atoms with Crippen LogP contribution in [0.3, 0.4) is 0 Å². The van der Waals surface area contributed by atoms with Gasteiger partial charge in [-0.3, -0.25) is 0 Å². The molecule has 1 atom stereocenters. The molecule has 0 radical (unpaired) electrons. The van der Waals surface area contributed by atoms with Crippen molar-refractivity contribution in [1.82, 2.24) is 4.90 Å². The minimum Gasteiger partial charge on any atom is -0.370 e. The second-order valence-corrected chi connectivity index (χ2v) is 5.49. The van der Waals surface area contributed by atoms with Gasteiger partial charge in [0.05, 0.1) is 0 Å². The maximum atomic E-state index is 5.83. The Labute approximate surface area is 111 Å². The number of likely N-dealkylation sites (N-methyl/N-ethyl adjacent to an activating group) is 1. The minimum absolute atomic E-state index is 0.239. The molecule has 1 saturated heterocycles. The van der Waals surface area contributed by atoms with Crippen LogP contribution in [0.4, 0.5) is 5.69 Å². The average Bonchev–Trinajstić information content (AvgIpc) is 2.54. The number of nitrogens with two attached hydrogens (primary N) is 1. The zero-order valence-corrected chi connectivity index (χ0v) is 11.6. The van der Waals surface area contributed by atoms with Gasteiger partial charge in [0.2, 0.25) is 0 Å². The van der Waals surface area contributed by atoms with Crippen LogP contribution in [-0.4, -0.2) is 44.2 Å². The topological polar surface area (TPSA) is 32.5 Å². The Bertz CT molecular complexity index is 359. The molecule has 1 aliphatic heterocycles. The quantitative estimate of drug-likeness (QED) is 0.883. The predicted molar refractivity (Wildman–Crippen MR) is 78.1 cm³/mol. The van der Waals surface area contributed by atoms with Gasteiger partial charge in [-0.15, -0.1) is 0 Å². The summed E-state index contributed by atoms with van der Waals surface area (Å²) in [5.41, 5.74) is 8.51. The van der Waals surface area contributed by atoms with Crippen LogP contribution in [0.15, 0.2) is 24.3 Å². The van der Waals surface area contributed by atoms with Gasteiger partial charge in [0.15, 0.2) is 0 Å². The normalized spacial score (nSPS) is 19.6. The van der Waals surface area contributed by atoms with Crippen LogP contribution < -0.4 is 10.6 Å². The third-order valence-electron chi connectivity index (χ3n) is 3.58. The summed E-state index contributed by atoms with van der Waals surface area (Å²) in [6.45, 7) is 6.71. The molecule has 0 spiro atoms. The van der Waals surface area contributed by atoms with Crippen molar-refractivity contribution in [2.75, 3.05) is 38.1 Å². The predicted octanol–water partition coefficient (Wildman–Crippen LogP) is 1.72. The van der Waals surface area contributed by atoms with Gasteiger partial charge in [0.25, 0.3) is 0 Å². The van der Waals surface area contributed by atoms with Crippen molar-refractivity contribution in [2.45, 2.75) is 25.8 Å². The van der Waals surface area contributed by atoms with Gasteiger partial charge >= 0.3 is 0 Å². The highest BCUT2D eigenvalue weighted by Crippen LogP contribution is 2.17. The molecule has 2 rings (SSSR count). The van der Waals surface area contributed by atoms with Gasteiger partial charge in [-0.2, -0.15) is 0 Å². The van der Waals surface area contributed by atoms with Crippen molar-refractivity contribution < 1.29 is 0 Å². The molecule has 1 aliphatic rings. The van der Waals surface area contributed by atoms with Crippen LogP contribution in [0, 0.1) is 0 Å². The molecule has 3 heteroatoms. The van der Waals surface area contributed by atoms with Crippen LogP contribution in [0.25, 0.3) is 0 Å². The number of hydrogen-bond acceptors (Lipinski definition) is 3. The van der Waals surface area contributed by atoms with E-state index in [0.717, 1.165) is 26.1 Å². The fourth-order valence-corrected chi connectivity index (χ4v) is 2.52. The number of rotatable bonds is 3. The van der Waals surface area contributed by atoms with E-state index in [1.165, 1.54) is 24.2 Å². The molecular weight excluding hydrogens is 222 g/mol. The Hall–Kier alpha value is -1.06. The van der Waals surface area contributed by atoms with E-state index in [2.05, 4.69) is 48.0 Å². The molecule has 0 saturated carbocycles. The number of hydrogen-bond donors (Lipinski definition) is 1. The van der Waals surface area contributed by atoms with E-state index in [1.807, 2.05) is 0 Å². The summed E-state index contributed by atoms with van der Waals surface area (Å²) in [6.07, 6.45) is 2.21. The summed E-state index contributed by atoms with van der Waals surface area (Å²) in [7, 11) is 2.20. The van der Waals surface area contributed by atoms with Gasteiger partial charge in [0, 0.05) is 31.4 Å². The molecule has 100 valence electrons. The maximum absolute atomic E-state index is 5.83. The highest BCUT2D eigenvalue weighted by atomic mass is 15.2. The zero-order chi connectivity index (χ0) is 13.0. The first-order valence-corrected chi connectivity index (χ1v) is 6.93. The molecule has 0 aromatic heterocycles. The van der Waals surface area contributed by atoms with Crippen molar-refractivity contribution in [3.05, 3.63) is 29.8 Å². The first-order chi connectivity index (χ1) is 8.65. The standard InChI is InChI=1S/C15H25N3/c1-13(16)12-14-4-6-15(7-5-14)18-9-3-8-17(2)10-11-18/h4-7,13H,3,8-12,16H2,1-2H3. The molecule has 0 aliphatic carbocycles. The van der Waals surface area contributed by atoms with Crippen LogP contribution in [0.5, 0.6) is 0 Å². The van der Waals surface area contributed by atoms with Crippen molar-refractivity contribution in [2.24, 2.45) is 5.73 Å². The van der Waals surface area contributed by atoms with E-state index >= 15 is 0 Å². The second-order valence-electron chi connectivity index (χ2n) is 5.49. The molecule has 3 nitrogen and oxygen atoms in total. The average molecular weight is 247 g/mol. The van der Waals surface area contributed by atoms with Gasteiger partial charge in [-0.05, 0) is 51.1 Å². The molecular formula is C15H25N3. The zero-order valence-electron chi connectivity index (χ0n) is 11.6. The lowest BCUT2D eigenvalue weighted by atomic mass is 10.1. The summed E-state index contributed by atoms with van der Waals surface area (Å²) in [5, 5.41) is 0. The van der Waals surface area contributed by atoms with Gasteiger partial charge in [0.1, 0.15) is 0 Å². The largest absolute Gasteiger partial charge is 0.370 e. The van der Waals surface area contributed by atoms with Crippen LogP contribution in [0.2, 0.25) is 0 Å². The Balaban J connectivity index is 2.00. The molecule has 1 aromatic carbocycles. The summed E-state index contributed by atoms with van der Waals surface area (Å²) < 4.78 is 0. The first kappa shape index (κ1) is 13.4. The fraction of sp³-hybridized carbons (Fsp3) is 0.600. The highest BCUT2D eigenvalue weighted by Gasteiger charge is 2.12. The Morgan fingerprint density at radius 2 is 1.83 bits per heavy atom. The van der Waals surface area contributed by atoms with Crippen molar-refractivity contribution in [1.29, 1.82) is 0 Å². The number of nitrogens with zero attached hydrogens (tertiary/aromatic N) is 2. The minimum atomic E-state index is 0.239. The fourth-order valence-electron chi connectivity index (χ4n) is 2.52. The van der Waals surface area contributed by atoms with E-state index < -0.39 is 0 Å². The molecule has 0 amide bonds. The third-order valence-corrected chi connectivity index (χ3v) is 3.58. The van der Waals surface area contributed by atoms with E-state index in [1.54, 1.807) is 0 Å². The molecule has 1 aromatic rings. The second kappa shape index (κ2) is 6.21.